The predicted molar refractivity (Wildman–Crippen MR) is 32.7 cm³/mol. The Kier molecular flexibility index (Phi) is 22.8. The number of hydrogen-bond donors (Lipinski definition) is 0. The third-order valence-electron chi connectivity index (χ3n) is 0. The van der Waals surface area contributed by atoms with E-state index in [2.05, 4.69) is 0 Å². The summed E-state index contributed by atoms with van der Waals surface area (Å²) < 4.78 is 37.9. The fourth-order valence-corrected chi connectivity index (χ4v) is 0. The lowest BCUT2D eigenvalue weighted by molar-refractivity contribution is 0.440. The molecule has 8 heavy (non-hydrogen) atoms. The molecular formula is H3Cl3F3OP. The van der Waals surface area contributed by atoms with Crippen LogP contribution in [-0.4, -0.2) is 0 Å². The lowest BCUT2D eigenvalue weighted by Crippen LogP contribution is -1.30. The molecule has 0 heterocycles. The third-order valence-corrected chi connectivity index (χ3v) is 0. The average molecular weight is 213 g/mol. The molecule has 0 saturated heterocycles. The van der Waals surface area contributed by atoms with E-state index < -0.39 is 8.07 Å². The molecule has 0 atom stereocenters. The Morgan fingerprint density at radius 3 is 0.875 bits per heavy atom. The van der Waals surface area contributed by atoms with Crippen LogP contribution in [0.15, 0.2) is 0 Å². The van der Waals surface area contributed by atoms with Crippen LogP contribution in [0.3, 0.4) is 0 Å². The molecule has 0 aliphatic rings. The van der Waals surface area contributed by atoms with Gasteiger partial charge in [0.05, 0.1) is 0 Å². The van der Waals surface area contributed by atoms with E-state index in [4.69, 9.17) is 4.57 Å². The van der Waals surface area contributed by atoms with Crippen LogP contribution < -0.4 is 0 Å². The van der Waals surface area contributed by atoms with Crippen LogP contribution in [-0.2, 0) is 4.57 Å². The van der Waals surface area contributed by atoms with Crippen molar-refractivity contribution < 1.29 is 17.2 Å². The molecule has 0 aliphatic heterocycles. The summed E-state index contributed by atoms with van der Waals surface area (Å²) in [5.41, 5.74) is 0. The van der Waals surface area contributed by atoms with Crippen LogP contribution in [0.4, 0.5) is 12.6 Å². The average Bonchev–Trinajstić information content (AvgIpc) is 0.722. The van der Waals surface area contributed by atoms with Crippen molar-refractivity contribution in [2.75, 3.05) is 0 Å². The Hall–Kier alpha value is 0.890. The van der Waals surface area contributed by atoms with E-state index in [1.807, 2.05) is 0 Å². The van der Waals surface area contributed by atoms with E-state index in [0.717, 1.165) is 0 Å². The molecule has 0 bridgehead atoms. The zero-order valence-corrected chi connectivity index (χ0v) is 6.56. The van der Waals surface area contributed by atoms with Gasteiger partial charge in [0.2, 0.25) is 0 Å². The lowest BCUT2D eigenvalue weighted by Gasteiger charge is -1.68. The Labute approximate surface area is 63.0 Å². The van der Waals surface area contributed by atoms with Crippen molar-refractivity contribution in [3.8, 4) is 0 Å². The first-order chi connectivity index (χ1) is 2.00. The van der Waals surface area contributed by atoms with Crippen molar-refractivity contribution in [2.24, 2.45) is 0 Å². The highest BCUT2D eigenvalue weighted by Gasteiger charge is 2.13. The van der Waals surface area contributed by atoms with Gasteiger partial charge in [0.25, 0.3) is 0 Å². The van der Waals surface area contributed by atoms with Crippen LogP contribution in [0.5, 0.6) is 0 Å². The summed E-state index contributed by atoms with van der Waals surface area (Å²) in [4.78, 5) is 0. The normalized spacial score (nSPS) is 7.38. The largest absolute Gasteiger partial charge is 0.591 e. The summed E-state index contributed by atoms with van der Waals surface area (Å²) in [6.07, 6.45) is 0. The fourth-order valence-electron chi connectivity index (χ4n) is 0. The van der Waals surface area contributed by atoms with Gasteiger partial charge in [0, 0.05) is 0 Å². The van der Waals surface area contributed by atoms with Gasteiger partial charge in [0.1, 0.15) is 0 Å². The molecule has 0 spiro atoms. The van der Waals surface area contributed by atoms with Gasteiger partial charge in [-0.1, -0.05) is 0 Å². The lowest BCUT2D eigenvalue weighted by atomic mass is 16.0. The van der Waals surface area contributed by atoms with Gasteiger partial charge in [-0.15, -0.1) is 49.8 Å². The first kappa shape index (κ1) is 23.1. The van der Waals surface area contributed by atoms with E-state index >= 15 is 0 Å². The second kappa shape index (κ2) is 7.89. The smallest absolute Gasteiger partial charge is 0.215 e. The fraction of sp³-hybridized carbons (Fsp3) is 0. The maximum absolute atomic E-state index is 9.91. The van der Waals surface area contributed by atoms with Crippen molar-refractivity contribution in [3.05, 3.63) is 0 Å². The molecular weight excluding hydrogens is 210 g/mol. The van der Waals surface area contributed by atoms with Gasteiger partial charge in [-0.3, -0.25) is 0 Å². The molecule has 0 unspecified atom stereocenters. The SMILES string of the molecule is Cl.Cl.Cl.O=P(F)(F)F. The summed E-state index contributed by atoms with van der Waals surface area (Å²) in [5, 5.41) is 0. The molecule has 0 rings (SSSR count). The Balaban J connectivity index is -0.0000000267. The van der Waals surface area contributed by atoms with Crippen LogP contribution >= 0.6 is 45.3 Å². The number of halogens is 6. The zero-order valence-electron chi connectivity index (χ0n) is 3.21. The molecule has 0 aliphatic carbocycles. The van der Waals surface area contributed by atoms with Gasteiger partial charge in [-0.25, -0.2) is 4.57 Å². The summed E-state index contributed by atoms with van der Waals surface area (Å²) in [7, 11) is -6.14. The predicted octanol–water partition coefficient (Wildman–Crippen LogP) is 3.27. The topological polar surface area (TPSA) is 17.1 Å². The van der Waals surface area contributed by atoms with E-state index in [0.29, 0.717) is 0 Å². The molecule has 0 aromatic heterocycles. The Morgan fingerprint density at radius 1 is 0.875 bits per heavy atom. The molecule has 56 valence electrons. The van der Waals surface area contributed by atoms with E-state index in [1.54, 1.807) is 0 Å². The second-order valence-corrected chi connectivity index (χ2v) is 1.20. The summed E-state index contributed by atoms with van der Waals surface area (Å²) in [6, 6.07) is 0. The summed E-state index contributed by atoms with van der Waals surface area (Å²) in [6.45, 7) is 0. The molecule has 8 heteroatoms. The van der Waals surface area contributed by atoms with Crippen molar-refractivity contribution in [2.45, 2.75) is 0 Å². The number of rotatable bonds is 0. The first-order valence-corrected chi connectivity index (χ1v) is 2.07. The van der Waals surface area contributed by atoms with E-state index in [9.17, 15) is 12.6 Å². The second-order valence-electron chi connectivity index (χ2n) is 0.399. The highest BCUT2D eigenvalue weighted by atomic mass is 35.5. The standard InChI is InChI=1S/3ClH.F3OP/c;;;1-5(2,3)4/h3*1H;. The number of hydrogen-bond acceptors (Lipinski definition) is 1. The maximum Gasteiger partial charge on any atom is 0.591 e. The first-order valence-electron chi connectivity index (χ1n) is 0.690. The molecule has 0 aromatic carbocycles. The molecule has 0 amide bonds. The highest BCUT2D eigenvalue weighted by Crippen LogP contribution is 2.50. The maximum atomic E-state index is 9.91. The van der Waals surface area contributed by atoms with Crippen LogP contribution in [0.1, 0.15) is 0 Å². The van der Waals surface area contributed by atoms with Gasteiger partial charge in [0.15, 0.2) is 0 Å². The van der Waals surface area contributed by atoms with Crippen LogP contribution in [0, 0.1) is 0 Å². The van der Waals surface area contributed by atoms with Crippen molar-refractivity contribution in [3.63, 3.8) is 0 Å². The molecule has 0 radical (unpaired) electrons. The Bertz CT molecular complexity index is 60.7. The van der Waals surface area contributed by atoms with Crippen LogP contribution in [0.2, 0.25) is 0 Å². The van der Waals surface area contributed by atoms with E-state index in [-0.39, 0.29) is 37.2 Å². The summed E-state index contributed by atoms with van der Waals surface area (Å²) in [5.74, 6) is 0. The Morgan fingerprint density at radius 2 is 0.875 bits per heavy atom. The molecule has 0 fully saturated rings. The zero-order chi connectivity index (χ0) is 4.50. The minimum atomic E-state index is -6.14. The molecule has 0 N–H and O–H groups in total. The van der Waals surface area contributed by atoms with Gasteiger partial charge in [-0.05, 0) is 0 Å². The minimum Gasteiger partial charge on any atom is -0.215 e. The third kappa shape index (κ3) is 302. The molecule has 0 saturated carbocycles. The summed E-state index contributed by atoms with van der Waals surface area (Å²) >= 11 is 0. The van der Waals surface area contributed by atoms with E-state index in [1.165, 1.54) is 0 Å². The van der Waals surface area contributed by atoms with Crippen LogP contribution in [0.25, 0.3) is 0 Å². The van der Waals surface area contributed by atoms with Crippen molar-refractivity contribution in [1.29, 1.82) is 0 Å². The monoisotopic (exact) mass is 212 g/mol. The molecule has 1 nitrogen and oxygen atoms in total. The van der Waals surface area contributed by atoms with Gasteiger partial charge >= 0.3 is 8.07 Å². The van der Waals surface area contributed by atoms with Crippen molar-refractivity contribution in [1.82, 2.24) is 0 Å². The van der Waals surface area contributed by atoms with Crippen molar-refractivity contribution >= 4 is 45.3 Å². The quantitative estimate of drug-likeness (QED) is 0.564. The van der Waals surface area contributed by atoms with Gasteiger partial charge in [-0.2, -0.15) is 0 Å². The highest BCUT2D eigenvalue weighted by molar-refractivity contribution is 7.47. The van der Waals surface area contributed by atoms with Gasteiger partial charge < -0.3 is 0 Å². The minimum absolute atomic E-state index is 0. The molecule has 0 aromatic rings.